The molecule has 6 rings (SSSR count). The Labute approximate surface area is 216 Å². The molecule has 1 aliphatic heterocycles. The van der Waals surface area contributed by atoms with Gasteiger partial charge in [0.2, 0.25) is 5.92 Å². The molecule has 0 bridgehead atoms. The van der Waals surface area contributed by atoms with Gasteiger partial charge in [0.25, 0.3) is 5.56 Å². The summed E-state index contributed by atoms with van der Waals surface area (Å²) in [6.45, 7) is 2.37. The van der Waals surface area contributed by atoms with E-state index in [0.29, 0.717) is 54.1 Å². The van der Waals surface area contributed by atoms with Crippen molar-refractivity contribution in [3.63, 3.8) is 0 Å². The number of halogens is 3. The van der Waals surface area contributed by atoms with E-state index in [0.717, 1.165) is 24.0 Å². The highest BCUT2D eigenvalue weighted by molar-refractivity contribution is 6.29. The van der Waals surface area contributed by atoms with Gasteiger partial charge in [0.05, 0.1) is 22.6 Å². The fourth-order valence-corrected chi connectivity index (χ4v) is 6.15. The monoisotopic (exact) mass is 528 g/mol. The second kappa shape index (κ2) is 8.48. The minimum absolute atomic E-state index is 0.0744. The first kappa shape index (κ1) is 24.3. The number of carboxylic acids is 1. The number of rotatable bonds is 5. The number of nitrogens with zero attached hydrogens (tertiary/aromatic N) is 3. The fraction of sp³-hybridized carbons (Fsp3) is 0.481. The first-order chi connectivity index (χ1) is 17.6. The Bertz CT molecular complexity index is 1490. The molecule has 1 aromatic carbocycles. The lowest BCUT2D eigenvalue weighted by molar-refractivity contribution is -0.0523. The van der Waals surface area contributed by atoms with E-state index in [2.05, 4.69) is 10.3 Å². The van der Waals surface area contributed by atoms with Crippen LogP contribution in [-0.2, 0) is 12.0 Å². The lowest BCUT2D eigenvalue weighted by Gasteiger charge is -2.36. The van der Waals surface area contributed by atoms with E-state index in [-0.39, 0.29) is 29.2 Å². The maximum Gasteiger partial charge on any atom is 0.356 e. The van der Waals surface area contributed by atoms with Crippen LogP contribution in [0.1, 0.15) is 91.3 Å². The molecular weight excluding hydrogens is 502 g/mol. The molecule has 0 unspecified atom stereocenters. The van der Waals surface area contributed by atoms with Crippen LogP contribution in [0.2, 0.25) is 5.15 Å². The number of anilines is 1. The van der Waals surface area contributed by atoms with Gasteiger partial charge in [-0.25, -0.2) is 23.5 Å². The van der Waals surface area contributed by atoms with Crippen molar-refractivity contribution < 1.29 is 18.7 Å². The molecule has 2 fully saturated rings. The molecular formula is C27H27ClF2N4O3. The van der Waals surface area contributed by atoms with Crippen LogP contribution >= 0.6 is 11.6 Å². The molecule has 37 heavy (non-hydrogen) atoms. The van der Waals surface area contributed by atoms with Crippen molar-refractivity contribution in [2.24, 2.45) is 0 Å². The lowest BCUT2D eigenvalue weighted by Crippen LogP contribution is -2.37. The Morgan fingerprint density at radius 2 is 1.89 bits per heavy atom. The molecule has 1 spiro atoms. The number of aromatic carboxylic acids is 1. The summed E-state index contributed by atoms with van der Waals surface area (Å²) < 4.78 is 29.7. The van der Waals surface area contributed by atoms with Gasteiger partial charge in [-0.1, -0.05) is 17.7 Å². The van der Waals surface area contributed by atoms with Crippen molar-refractivity contribution in [3.8, 4) is 0 Å². The standard InChI is InChI=1S/C27H27ClF2N4O3/c1-14(31-19-4-5-20(28)32-22(19)24(36)37)17-12-16(15-2-3-15)13-18-21(17)33-25-26(10-11-34(25)23(18)35)6-8-27(29,30)9-7-26/h4-5,12-15,31H,2-3,6-11H2,1H3,(H,36,37)/t14-/m1/s1. The third kappa shape index (κ3) is 4.17. The number of nitrogens with one attached hydrogen (secondary N) is 1. The van der Waals surface area contributed by atoms with Crippen LogP contribution in [0.3, 0.4) is 0 Å². The van der Waals surface area contributed by atoms with Crippen molar-refractivity contribution >= 4 is 34.2 Å². The van der Waals surface area contributed by atoms with Gasteiger partial charge in [-0.15, -0.1) is 0 Å². The number of hydrogen-bond donors (Lipinski definition) is 2. The van der Waals surface area contributed by atoms with E-state index < -0.39 is 23.3 Å². The predicted octanol–water partition coefficient (Wildman–Crippen LogP) is 6.04. The highest BCUT2D eigenvalue weighted by atomic mass is 35.5. The quantitative estimate of drug-likeness (QED) is 0.392. The van der Waals surface area contributed by atoms with Gasteiger partial charge < -0.3 is 10.4 Å². The Balaban J connectivity index is 1.48. The molecule has 2 aromatic heterocycles. The van der Waals surface area contributed by atoms with E-state index in [1.54, 1.807) is 10.6 Å². The van der Waals surface area contributed by atoms with E-state index in [9.17, 15) is 23.5 Å². The second-order valence-corrected chi connectivity index (χ2v) is 11.1. The SMILES string of the molecule is C[C@@H](Nc1ccc(Cl)nc1C(=O)O)c1cc(C2CC2)cc2c(=O)n3c(nc12)C1(CC3)CCC(F)(F)CC1. The van der Waals surface area contributed by atoms with Gasteiger partial charge in [-0.05, 0) is 68.7 Å². The van der Waals surface area contributed by atoms with Crippen molar-refractivity contribution in [1.29, 1.82) is 0 Å². The number of aromatic nitrogens is 3. The molecule has 3 aromatic rings. The third-order valence-electron chi connectivity index (χ3n) is 8.29. The Morgan fingerprint density at radius 3 is 2.57 bits per heavy atom. The summed E-state index contributed by atoms with van der Waals surface area (Å²) in [5.41, 5.74) is 1.83. The van der Waals surface area contributed by atoms with Crippen LogP contribution in [0.15, 0.2) is 29.1 Å². The smallest absolute Gasteiger partial charge is 0.356 e. The fourth-order valence-electron chi connectivity index (χ4n) is 6.00. The summed E-state index contributed by atoms with van der Waals surface area (Å²) in [6, 6.07) is 6.65. The molecule has 0 amide bonds. The van der Waals surface area contributed by atoms with Crippen LogP contribution in [0.4, 0.5) is 14.5 Å². The summed E-state index contributed by atoms with van der Waals surface area (Å²) >= 11 is 5.92. The van der Waals surface area contributed by atoms with Gasteiger partial charge in [0.1, 0.15) is 11.0 Å². The maximum absolute atomic E-state index is 14.0. The van der Waals surface area contributed by atoms with Crippen molar-refractivity contribution in [2.75, 3.05) is 5.32 Å². The molecule has 0 radical (unpaired) electrons. The highest BCUT2D eigenvalue weighted by Gasteiger charge is 2.49. The summed E-state index contributed by atoms with van der Waals surface area (Å²) in [5.74, 6) is -2.90. The number of alkyl halides is 2. The van der Waals surface area contributed by atoms with Crippen LogP contribution in [0, 0.1) is 0 Å². The molecule has 7 nitrogen and oxygen atoms in total. The van der Waals surface area contributed by atoms with E-state index in [1.807, 2.05) is 19.1 Å². The van der Waals surface area contributed by atoms with Crippen LogP contribution in [0.5, 0.6) is 0 Å². The Hall–Kier alpha value is -3.07. The third-order valence-corrected chi connectivity index (χ3v) is 8.50. The zero-order valence-electron chi connectivity index (χ0n) is 20.4. The molecule has 2 saturated carbocycles. The molecule has 194 valence electrons. The van der Waals surface area contributed by atoms with Crippen LogP contribution in [0.25, 0.3) is 10.9 Å². The first-order valence-corrected chi connectivity index (χ1v) is 13.1. The zero-order valence-corrected chi connectivity index (χ0v) is 21.1. The highest BCUT2D eigenvalue weighted by Crippen LogP contribution is 2.50. The molecule has 3 heterocycles. The van der Waals surface area contributed by atoms with E-state index in [4.69, 9.17) is 16.6 Å². The van der Waals surface area contributed by atoms with E-state index in [1.165, 1.54) is 6.07 Å². The largest absolute Gasteiger partial charge is 0.476 e. The number of benzene rings is 1. The van der Waals surface area contributed by atoms with Gasteiger partial charge in [-0.3, -0.25) is 9.36 Å². The molecule has 1 atom stereocenters. The molecule has 2 N–H and O–H groups in total. The molecule has 10 heteroatoms. The average Bonchev–Trinajstić information content (AvgIpc) is 3.65. The summed E-state index contributed by atoms with van der Waals surface area (Å²) in [7, 11) is 0. The second-order valence-electron chi connectivity index (χ2n) is 10.8. The van der Waals surface area contributed by atoms with Crippen LogP contribution in [-0.4, -0.2) is 31.5 Å². The van der Waals surface area contributed by atoms with E-state index >= 15 is 0 Å². The maximum atomic E-state index is 14.0. The molecule has 0 saturated heterocycles. The minimum Gasteiger partial charge on any atom is -0.476 e. The Morgan fingerprint density at radius 1 is 1.16 bits per heavy atom. The zero-order chi connectivity index (χ0) is 26.1. The number of pyridine rings is 1. The molecule has 3 aliphatic rings. The summed E-state index contributed by atoms with van der Waals surface area (Å²) in [5, 5.41) is 13.4. The van der Waals surface area contributed by atoms with Gasteiger partial charge >= 0.3 is 5.97 Å². The van der Waals surface area contributed by atoms with Crippen molar-refractivity contribution in [2.45, 2.75) is 81.7 Å². The van der Waals surface area contributed by atoms with Gasteiger partial charge in [0.15, 0.2) is 5.69 Å². The normalized spacial score (nSPS) is 20.6. The summed E-state index contributed by atoms with van der Waals surface area (Å²) in [4.78, 5) is 34.5. The van der Waals surface area contributed by atoms with Crippen molar-refractivity contribution in [3.05, 3.63) is 62.4 Å². The predicted molar refractivity (Wildman–Crippen MR) is 136 cm³/mol. The van der Waals surface area contributed by atoms with Crippen LogP contribution < -0.4 is 10.9 Å². The topological polar surface area (TPSA) is 97.1 Å². The minimum atomic E-state index is -2.67. The molecule has 2 aliphatic carbocycles. The summed E-state index contributed by atoms with van der Waals surface area (Å²) in [6.07, 6.45) is 2.95. The average molecular weight is 529 g/mol. The Kier molecular flexibility index (Phi) is 5.56. The number of carbonyl (C=O) groups is 1. The number of hydrogen-bond acceptors (Lipinski definition) is 5. The van der Waals surface area contributed by atoms with Crippen molar-refractivity contribution in [1.82, 2.24) is 14.5 Å². The van der Waals surface area contributed by atoms with Gasteiger partial charge in [-0.2, -0.15) is 0 Å². The number of carboxylic acid groups (broad SMARTS) is 1. The number of fused-ring (bicyclic) bond motifs is 3. The first-order valence-electron chi connectivity index (χ1n) is 12.7. The lowest BCUT2D eigenvalue weighted by atomic mass is 9.71. The van der Waals surface area contributed by atoms with Gasteiger partial charge in [0, 0.05) is 30.4 Å².